The average molecular weight is 220 g/mol. The Bertz CT molecular complexity index is 207. The quantitative estimate of drug-likeness (QED) is 0.506. The van der Waals surface area contributed by atoms with Gasteiger partial charge in [0.15, 0.2) is 0 Å². The molecule has 0 fully saturated rings. The lowest BCUT2D eigenvalue weighted by Crippen LogP contribution is -2.09. The lowest BCUT2D eigenvalue weighted by atomic mass is 10.5. The van der Waals surface area contributed by atoms with Gasteiger partial charge >= 0.3 is 7.60 Å². The molecular formula is C10H21O3P. The van der Waals surface area contributed by atoms with Crippen LogP contribution in [0.4, 0.5) is 0 Å². The summed E-state index contributed by atoms with van der Waals surface area (Å²) in [6, 6.07) is 0. The highest BCUT2D eigenvalue weighted by molar-refractivity contribution is 7.54. The summed E-state index contributed by atoms with van der Waals surface area (Å²) in [6.07, 6.45) is 3.85. The molecular weight excluding hydrogens is 199 g/mol. The van der Waals surface area contributed by atoms with Crippen LogP contribution in [0.25, 0.3) is 0 Å². The van der Waals surface area contributed by atoms with E-state index in [0.29, 0.717) is 6.16 Å². The van der Waals surface area contributed by atoms with Gasteiger partial charge in [-0.1, -0.05) is 12.2 Å². The van der Waals surface area contributed by atoms with Crippen molar-refractivity contribution in [1.29, 1.82) is 0 Å². The zero-order valence-corrected chi connectivity index (χ0v) is 10.6. The van der Waals surface area contributed by atoms with Crippen molar-refractivity contribution in [2.24, 2.45) is 0 Å². The second kappa shape index (κ2) is 6.39. The van der Waals surface area contributed by atoms with E-state index in [1.165, 1.54) is 0 Å². The summed E-state index contributed by atoms with van der Waals surface area (Å²) in [5, 5.41) is 0. The topological polar surface area (TPSA) is 35.5 Å². The molecule has 0 aliphatic rings. The zero-order valence-electron chi connectivity index (χ0n) is 9.69. The highest BCUT2D eigenvalue weighted by Crippen LogP contribution is 2.50. The van der Waals surface area contributed by atoms with Crippen molar-refractivity contribution in [3.63, 3.8) is 0 Å². The van der Waals surface area contributed by atoms with Crippen molar-refractivity contribution in [3.05, 3.63) is 12.2 Å². The molecule has 0 amide bonds. The molecule has 0 atom stereocenters. The summed E-state index contributed by atoms with van der Waals surface area (Å²) in [7, 11) is -2.93. The number of rotatable bonds is 6. The molecule has 0 aliphatic carbocycles. The van der Waals surface area contributed by atoms with Crippen LogP contribution in [0.3, 0.4) is 0 Å². The van der Waals surface area contributed by atoms with Crippen LogP contribution in [0.15, 0.2) is 12.2 Å². The predicted molar refractivity (Wildman–Crippen MR) is 59.7 cm³/mol. The summed E-state index contributed by atoms with van der Waals surface area (Å²) >= 11 is 0. The van der Waals surface area contributed by atoms with Crippen LogP contribution in [0.5, 0.6) is 0 Å². The minimum absolute atomic E-state index is 0.0789. The van der Waals surface area contributed by atoms with Crippen molar-refractivity contribution >= 4 is 7.60 Å². The van der Waals surface area contributed by atoms with Crippen molar-refractivity contribution < 1.29 is 13.6 Å². The molecule has 3 nitrogen and oxygen atoms in total. The molecule has 0 saturated heterocycles. The molecule has 84 valence electrons. The number of hydrogen-bond donors (Lipinski definition) is 0. The van der Waals surface area contributed by atoms with Crippen molar-refractivity contribution in [2.45, 2.75) is 46.8 Å². The Balaban J connectivity index is 4.41. The molecule has 0 saturated carbocycles. The zero-order chi connectivity index (χ0) is 11.2. The third-order valence-corrected chi connectivity index (χ3v) is 3.45. The molecule has 0 rings (SSSR count). The molecule has 0 radical (unpaired) electrons. The van der Waals surface area contributed by atoms with E-state index in [0.717, 1.165) is 0 Å². The van der Waals surface area contributed by atoms with E-state index < -0.39 is 7.60 Å². The largest absolute Gasteiger partial charge is 0.334 e. The van der Waals surface area contributed by atoms with E-state index in [-0.39, 0.29) is 12.2 Å². The van der Waals surface area contributed by atoms with Gasteiger partial charge in [-0.3, -0.25) is 4.57 Å². The third-order valence-electron chi connectivity index (χ3n) is 1.31. The second-order valence-corrected chi connectivity index (χ2v) is 5.68. The maximum atomic E-state index is 12.1. The molecule has 0 unspecified atom stereocenters. The monoisotopic (exact) mass is 220 g/mol. The fourth-order valence-corrected chi connectivity index (χ4v) is 2.96. The van der Waals surface area contributed by atoms with Crippen LogP contribution >= 0.6 is 7.60 Å². The Morgan fingerprint density at radius 1 is 1.14 bits per heavy atom. The molecule has 0 aromatic carbocycles. The molecule has 0 heterocycles. The fourth-order valence-electron chi connectivity index (χ4n) is 0.988. The minimum atomic E-state index is -2.93. The fraction of sp³-hybridized carbons (Fsp3) is 0.800. The molecule has 0 aliphatic heterocycles. The molecule has 0 spiro atoms. The van der Waals surface area contributed by atoms with Crippen molar-refractivity contribution in [1.82, 2.24) is 0 Å². The molecule has 0 N–H and O–H groups in total. The Kier molecular flexibility index (Phi) is 6.34. The maximum absolute atomic E-state index is 12.1. The highest BCUT2D eigenvalue weighted by Gasteiger charge is 2.25. The minimum Gasteiger partial charge on any atom is -0.306 e. The number of hydrogen-bond acceptors (Lipinski definition) is 3. The smallest absolute Gasteiger partial charge is 0.306 e. The molecule has 0 bridgehead atoms. The van der Waals surface area contributed by atoms with Crippen molar-refractivity contribution in [3.8, 4) is 0 Å². The van der Waals surface area contributed by atoms with Gasteiger partial charge < -0.3 is 9.05 Å². The Labute approximate surface area is 87.0 Å². The third kappa shape index (κ3) is 6.36. The van der Waals surface area contributed by atoms with Gasteiger partial charge in [0.05, 0.1) is 18.4 Å². The number of allylic oxidation sites excluding steroid dienone is 2. The average Bonchev–Trinajstić information content (AvgIpc) is 1.97. The summed E-state index contributed by atoms with van der Waals surface area (Å²) in [4.78, 5) is 0. The van der Waals surface area contributed by atoms with E-state index in [1.807, 2.05) is 46.8 Å². The molecule has 14 heavy (non-hydrogen) atoms. The van der Waals surface area contributed by atoms with Crippen LogP contribution in [0, 0.1) is 0 Å². The van der Waals surface area contributed by atoms with E-state index in [4.69, 9.17) is 9.05 Å². The highest BCUT2D eigenvalue weighted by atomic mass is 31.2. The predicted octanol–water partition coefficient (Wildman–Crippen LogP) is 3.61. The first kappa shape index (κ1) is 13.9. The summed E-state index contributed by atoms with van der Waals surface area (Å²) in [6.45, 7) is 9.30. The van der Waals surface area contributed by atoms with Crippen LogP contribution in [0.2, 0.25) is 0 Å². The lowest BCUT2D eigenvalue weighted by molar-refractivity contribution is 0.144. The molecule has 0 aromatic rings. The first-order valence-electron chi connectivity index (χ1n) is 4.96. The van der Waals surface area contributed by atoms with Gasteiger partial charge in [0.2, 0.25) is 0 Å². The van der Waals surface area contributed by atoms with Crippen LogP contribution in [-0.4, -0.2) is 18.4 Å². The first-order valence-corrected chi connectivity index (χ1v) is 6.69. The summed E-state index contributed by atoms with van der Waals surface area (Å²) < 4.78 is 22.8. The molecule has 4 heteroatoms. The van der Waals surface area contributed by atoms with Crippen molar-refractivity contribution in [2.75, 3.05) is 6.16 Å². The van der Waals surface area contributed by atoms with Gasteiger partial charge in [0.25, 0.3) is 0 Å². The van der Waals surface area contributed by atoms with Gasteiger partial charge in [0, 0.05) is 0 Å². The maximum Gasteiger partial charge on any atom is 0.334 e. The normalized spacial score (nSPS) is 13.4. The van der Waals surface area contributed by atoms with E-state index in [2.05, 4.69) is 0 Å². The Morgan fingerprint density at radius 3 is 1.86 bits per heavy atom. The SMILES string of the molecule is CC=CCP(=O)(OC(C)C)OC(C)C. The van der Waals surface area contributed by atoms with Gasteiger partial charge in [-0.2, -0.15) is 0 Å². The van der Waals surface area contributed by atoms with E-state index >= 15 is 0 Å². The Morgan fingerprint density at radius 2 is 1.57 bits per heavy atom. The summed E-state index contributed by atoms with van der Waals surface area (Å²) in [5.74, 6) is 0. The Hall–Kier alpha value is -0.110. The van der Waals surface area contributed by atoms with Crippen LogP contribution < -0.4 is 0 Å². The van der Waals surface area contributed by atoms with Gasteiger partial charge in [0.1, 0.15) is 0 Å². The van der Waals surface area contributed by atoms with Crippen LogP contribution in [-0.2, 0) is 13.6 Å². The van der Waals surface area contributed by atoms with E-state index in [9.17, 15) is 4.57 Å². The lowest BCUT2D eigenvalue weighted by Gasteiger charge is -2.21. The van der Waals surface area contributed by atoms with Gasteiger partial charge in [-0.15, -0.1) is 0 Å². The van der Waals surface area contributed by atoms with E-state index in [1.54, 1.807) is 0 Å². The van der Waals surface area contributed by atoms with Gasteiger partial charge in [-0.25, -0.2) is 0 Å². The standard InChI is InChI=1S/C10H21O3P/c1-6-7-8-14(11,12-9(2)3)13-10(4)5/h6-7,9-10H,8H2,1-5H3. The first-order chi connectivity index (χ1) is 6.39. The second-order valence-electron chi connectivity index (χ2n) is 3.67. The molecule has 0 aromatic heterocycles. The summed E-state index contributed by atoms with van der Waals surface area (Å²) in [5.41, 5.74) is 0. The van der Waals surface area contributed by atoms with Crippen LogP contribution in [0.1, 0.15) is 34.6 Å². The van der Waals surface area contributed by atoms with Gasteiger partial charge in [-0.05, 0) is 34.6 Å².